The maximum atomic E-state index is 11.7. The molecular formula is C11H20N2O4. The Morgan fingerprint density at radius 3 is 2.94 bits per heavy atom. The van der Waals surface area contributed by atoms with Crippen molar-refractivity contribution >= 4 is 11.8 Å². The number of carbonyl (C=O) groups is 2. The first-order valence-electron chi connectivity index (χ1n) is 5.73. The lowest BCUT2D eigenvalue weighted by Gasteiger charge is -2.13. The molecule has 0 aromatic rings. The van der Waals surface area contributed by atoms with Gasteiger partial charge in [-0.1, -0.05) is 0 Å². The smallest absolute Gasteiger partial charge is 0.225 e. The summed E-state index contributed by atoms with van der Waals surface area (Å²) in [4.78, 5) is 24.5. The molecule has 6 nitrogen and oxygen atoms in total. The van der Waals surface area contributed by atoms with E-state index in [-0.39, 0.29) is 30.8 Å². The molecule has 0 aromatic carbocycles. The molecule has 0 bridgehead atoms. The molecule has 0 radical (unpaired) electrons. The molecule has 6 heteroatoms. The Bertz CT molecular complexity index is 283. The summed E-state index contributed by atoms with van der Waals surface area (Å²) in [5, 5.41) is 12.1. The van der Waals surface area contributed by atoms with Gasteiger partial charge in [0.15, 0.2) is 0 Å². The fraction of sp³-hybridized carbons (Fsp3) is 0.818. The van der Waals surface area contributed by atoms with Crippen LogP contribution in [0.25, 0.3) is 0 Å². The molecule has 2 amide bonds. The van der Waals surface area contributed by atoms with E-state index in [1.54, 1.807) is 11.9 Å². The van der Waals surface area contributed by atoms with Gasteiger partial charge >= 0.3 is 0 Å². The lowest BCUT2D eigenvalue weighted by atomic mass is 10.1. The van der Waals surface area contributed by atoms with E-state index in [1.165, 1.54) is 7.11 Å². The lowest BCUT2D eigenvalue weighted by molar-refractivity contribution is -0.128. The van der Waals surface area contributed by atoms with Gasteiger partial charge in [-0.3, -0.25) is 9.59 Å². The van der Waals surface area contributed by atoms with E-state index < -0.39 is 6.10 Å². The van der Waals surface area contributed by atoms with E-state index in [0.717, 1.165) is 0 Å². The fourth-order valence-corrected chi connectivity index (χ4v) is 1.82. The second kappa shape index (κ2) is 6.56. The van der Waals surface area contributed by atoms with E-state index in [2.05, 4.69) is 5.32 Å². The van der Waals surface area contributed by atoms with Crippen LogP contribution in [0.3, 0.4) is 0 Å². The van der Waals surface area contributed by atoms with Gasteiger partial charge in [-0.05, 0) is 6.42 Å². The molecule has 1 fully saturated rings. The summed E-state index contributed by atoms with van der Waals surface area (Å²) >= 11 is 0. The normalized spacial score (nSPS) is 21.7. The summed E-state index contributed by atoms with van der Waals surface area (Å²) in [7, 11) is 3.21. The Labute approximate surface area is 101 Å². The van der Waals surface area contributed by atoms with Gasteiger partial charge < -0.3 is 20.1 Å². The number of aliphatic hydroxyl groups excluding tert-OH is 1. The molecule has 0 saturated carbocycles. The Morgan fingerprint density at radius 2 is 2.41 bits per heavy atom. The van der Waals surface area contributed by atoms with Crippen molar-refractivity contribution in [2.75, 3.05) is 33.9 Å². The summed E-state index contributed by atoms with van der Waals surface area (Å²) in [6.07, 6.45) is 0.173. The standard InChI is InChI=1S/C11H20N2O4/c1-13-6-8(5-10(13)15)11(16)12-4-3-9(14)7-17-2/h8-9,14H,3-7H2,1-2H3,(H,12,16). The average molecular weight is 244 g/mol. The number of nitrogens with one attached hydrogen (secondary N) is 1. The molecule has 1 aliphatic heterocycles. The third-order valence-electron chi connectivity index (χ3n) is 2.85. The second-order valence-electron chi connectivity index (χ2n) is 4.36. The van der Waals surface area contributed by atoms with Gasteiger partial charge in [0.25, 0.3) is 0 Å². The van der Waals surface area contributed by atoms with Crippen molar-refractivity contribution in [2.24, 2.45) is 5.92 Å². The van der Waals surface area contributed by atoms with Gasteiger partial charge in [-0.25, -0.2) is 0 Å². The van der Waals surface area contributed by atoms with Crippen LogP contribution in [0, 0.1) is 5.92 Å². The topological polar surface area (TPSA) is 78.9 Å². The molecule has 1 heterocycles. The molecule has 1 rings (SSSR count). The van der Waals surface area contributed by atoms with Crippen molar-refractivity contribution in [1.82, 2.24) is 10.2 Å². The van der Waals surface area contributed by atoms with Crippen molar-refractivity contribution in [2.45, 2.75) is 18.9 Å². The quantitative estimate of drug-likeness (QED) is 0.627. The third-order valence-corrected chi connectivity index (χ3v) is 2.85. The number of rotatable bonds is 6. The molecule has 0 aliphatic carbocycles. The number of methoxy groups -OCH3 is 1. The van der Waals surface area contributed by atoms with Crippen LogP contribution in [0.4, 0.5) is 0 Å². The number of hydrogen-bond acceptors (Lipinski definition) is 4. The van der Waals surface area contributed by atoms with Gasteiger partial charge in [0.05, 0.1) is 18.6 Å². The summed E-state index contributed by atoms with van der Waals surface area (Å²) in [6.45, 7) is 1.14. The van der Waals surface area contributed by atoms with E-state index >= 15 is 0 Å². The summed E-state index contributed by atoms with van der Waals surface area (Å²) in [5.74, 6) is -0.371. The van der Waals surface area contributed by atoms with Gasteiger partial charge in [0.2, 0.25) is 11.8 Å². The van der Waals surface area contributed by atoms with E-state index in [1.807, 2.05) is 0 Å². The van der Waals surface area contributed by atoms with Crippen molar-refractivity contribution in [3.05, 3.63) is 0 Å². The summed E-state index contributed by atoms with van der Waals surface area (Å²) in [6, 6.07) is 0. The predicted octanol–water partition coefficient (Wildman–Crippen LogP) is -1.02. The minimum Gasteiger partial charge on any atom is -0.391 e. The fourth-order valence-electron chi connectivity index (χ4n) is 1.82. The van der Waals surface area contributed by atoms with Crippen molar-refractivity contribution in [3.8, 4) is 0 Å². The highest BCUT2D eigenvalue weighted by Crippen LogP contribution is 2.15. The largest absolute Gasteiger partial charge is 0.391 e. The number of carbonyl (C=O) groups excluding carboxylic acids is 2. The highest BCUT2D eigenvalue weighted by atomic mass is 16.5. The van der Waals surface area contributed by atoms with Gasteiger partial charge in [0.1, 0.15) is 0 Å². The number of aliphatic hydroxyl groups is 1. The Hall–Kier alpha value is -1.14. The van der Waals surface area contributed by atoms with E-state index in [4.69, 9.17) is 4.74 Å². The van der Waals surface area contributed by atoms with Crippen LogP contribution >= 0.6 is 0 Å². The van der Waals surface area contributed by atoms with Crippen molar-refractivity contribution in [3.63, 3.8) is 0 Å². The Kier molecular flexibility index (Phi) is 5.37. The van der Waals surface area contributed by atoms with E-state index in [9.17, 15) is 14.7 Å². The molecule has 0 spiro atoms. The van der Waals surface area contributed by atoms with Crippen LogP contribution < -0.4 is 5.32 Å². The minimum atomic E-state index is -0.562. The van der Waals surface area contributed by atoms with Crippen LogP contribution in [0.5, 0.6) is 0 Å². The first-order valence-corrected chi connectivity index (χ1v) is 5.73. The molecule has 2 atom stereocenters. The van der Waals surface area contributed by atoms with Crippen LogP contribution in [-0.4, -0.2) is 61.8 Å². The zero-order valence-corrected chi connectivity index (χ0v) is 10.3. The molecule has 2 unspecified atom stereocenters. The lowest BCUT2D eigenvalue weighted by Crippen LogP contribution is -2.34. The second-order valence-corrected chi connectivity index (χ2v) is 4.36. The number of amides is 2. The Balaban J connectivity index is 2.20. The average Bonchev–Trinajstić information content (AvgIpc) is 2.59. The summed E-state index contributed by atoms with van der Waals surface area (Å²) in [5.41, 5.74) is 0. The number of ether oxygens (including phenoxy) is 1. The molecule has 2 N–H and O–H groups in total. The highest BCUT2D eigenvalue weighted by molar-refractivity contribution is 5.89. The molecule has 0 aromatic heterocycles. The molecule has 1 aliphatic rings. The number of hydrogen-bond donors (Lipinski definition) is 2. The van der Waals surface area contributed by atoms with Crippen LogP contribution in [0.1, 0.15) is 12.8 Å². The predicted molar refractivity (Wildman–Crippen MR) is 61.3 cm³/mol. The van der Waals surface area contributed by atoms with Crippen LogP contribution in [0.2, 0.25) is 0 Å². The number of likely N-dealkylation sites (tertiary alicyclic amines) is 1. The first-order chi connectivity index (χ1) is 8.04. The minimum absolute atomic E-state index is 0.00423. The van der Waals surface area contributed by atoms with Gasteiger partial charge in [0, 0.05) is 33.7 Å². The Morgan fingerprint density at radius 1 is 1.71 bits per heavy atom. The molecule has 17 heavy (non-hydrogen) atoms. The molecule has 98 valence electrons. The zero-order chi connectivity index (χ0) is 12.8. The van der Waals surface area contributed by atoms with Gasteiger partial charge in [-0.2, -0.15) is 0 Å². The van der Waals surface area contributed by atoms with Crippen LogP contribution in [0.15, 0.2) is 0 Å². The highest BCUT2D eigenvalue weighted by Gasteiger charge is 2.31. The monoisotopic (exact) mass is 244 g/mol. The van der Waals surface area contributed by atoms with E-state index in [0.29, 0.717) is 19.5 Å². The summed E-state index contributed by atoms with van der Waals surface area (Å²) < 4.78 is 4.78. The van der Waals surface area contributed by atoms with Crippen molar-refractivity contribution < 1.29 is 19.4 Å². The maximum Gasteiger partial charge on any atom is 0.225 e. The maximum absolute atomic E-state index is 11.7. The van der Waals surface area contributed by atoms with Crippen molar-refractivity contribution in [1.29, 1.82) is 0 Å². The van der Waals surface area contributed by atoms with Gasteiger partial charge in [-0.15, -0.1) is 0 Å². The SMILES string of the molecule is COCC(O)CCNC(=O)C1CC(=O)N(C)C1. The zero-order valence-electron chi connectivity index (χ0n) is 10.3. The first kappa shape index (κ1) is 13.9. The third kappa shape index (κ3) is 4.32. The molecule has 1 saturated heterocycles. The molecular weight excluding hydrogens is 224 g/mol. The number of nitrogens with zero attached hydrogens (tertiary/aromatic N) is 1. The van der Waals surface area contributed by atoms with Crippen LogP contribution in [-0.2, 0) is 14.3 Å².